The van der Waals surface area contributed by atoms with Crippen molar-refractivity contribution in [3.8, 4) is 0 Å². The van der Waals surface area contributed by atoms with Crippen LogP contribution in [0.15, 0.2) is 0 Å². The van der Waals surface area contributed by atoms with E-state index < -0.39 is 5.97 Å². The second-order valence-electron chi connectivity index (χ2n) is 4.66. The highest BCUT2D eigenvalue weighted by Crippen LogP contribution is 2.27. The smallest absolute Gasteiger partial charge is 0.303 e. The highest BCUT2D eigenvalue weighted by atomic mass is 16.4. The van der Waals surface area contributed by atoms with E-state index in [2.05, 4.69) is 23.4 Å². The topological polar surface area (TPSA) is 55.1 Å². The molecular weight excluding hydrogens is 204 g/mol. The van der Waals surface area contributed by atoms with Crippen LogP contribution in [0.4, 0.5) is 0 Å². The summed E-state index contributed by atoms with van der Waals surface area (Å²) in [6, 6.07) is 0. The molecule has 0 spiro atoms. The van der Waals surface area contributed by atoms with Crippen molar-refractivity contribution in [1.82, 2.24) is 9.55 Å². The third-order valence-corrected chi connectivity index (χ3v) is 3.09. The molecule has 4 nitrogen and oxygen atoms in total. The van der Waals surface area contributed by atoms with Gasteiger partial charge >= 0.3 is 5.97 Å². The molecule has 4 heteroatoms. The Hall–Kier alpha value is -1.32. The minimum atomic E-state index is -0.749. The average molecular weight is 222 g/mol. The summed E-state index contributed by atoms with van der Waals surface area (Å²) in [5.74, 6) is 0.637. The number of carbonyl (C=O) groups is 1. The van der Waals surface area contributed by atoms with Crippen LogP contribution >= 0.6 is 0 Å². The van der Waals surface area contributed by atoms with Crippen LogP contribution in [0, 0.1) is 0 Å². The number of aryl methyl sites for hydroxylation is 1. The highest BCUT2D eigenvalue weighted by molar-refractivity contribution is 5.66. The molecule has 1 aromatic rings. The summed E-state index contributed by atoms with van der Waals surface area (Å²) < 4.78 is 2.22. The summed E-state index contributed by atoms with van der Waals surface area (Å²) in [5.41, 5.74) is 2.49. The van der Waals surface area contributed by atoms with Gasteiger partial charge in [-0.3, -0.25) is 4.79 Å². The zero-order chi connectivity index (χ0) is 11.7. The van der Waals surface area contributed by atoms with Crippen molar-refractivity contribution in [3.05, 3.63) is 17.2 Å². The zero-order valence-corrected chi connectivity index (χ0v) is 9.86. The summed E-state index contributed by atoms with van der Waals surface area (Å²) in [6.45, 7) is 5.29. The lowest BCUT2D eigenvalue weighted by molar-refractivity contribution is -0.137. The number of rotatable bonds is 4. The van der Waals surface area contributed by atoms with Crippen LogP contribution in [0.2, 0.25) is 0 Å². The van der Waals surface area contributed by atoms with Gasteiger partial charge in [-0.25, -0.2) is 4.98 Å². The first-order valence-electron chi connectivity index (χ1n) is 5.89. The summed E-state index contributed by atoms with van der Waals surface area (Å²) >= 11 is 0. The Morgan fingerprint density at radius 3 is 2.94 bits per heavy atom. The Bertz CT molecular complexity index is 407. The van der Waals surface area contributed by atoms with Crippen molar-refractivity contribution in [3.63, 3.8) is 0 Å². The van der Waals surface area contributed by atoms with Crippen molar-refractivity contribution in [2.24, 2.45) is 0 Å². The molecular formula is C12H18N2O2. The fourth-order valence-corrected chi connectivity index (χ4v) is 2.36. The molecule has 0 saturated heterocycles. The predicted octanol–water partition coefficient (Wildman–Crippen LogP) is 1.97. The third kappa shape index (κ3) is 1.96. The highest BCUT2D eigenvalue weighted by Gasteiger charge is 2.22. The van der Waals surface area contributed by atoms with Gasteiger partial charge in [-0.1, -0.05) is 13.8 Å². The van der Waals surface area contributed by atoms with E-state index in [1.165, 1.54) is 5.69 Å². The SMILES string of the molecule is CC(C)c1nc(CCC(=O)O)n2c1CCC2. The molecule has 1 aliphatic heterocycles. The first-order chi connectivity index (χ1) is 7.59. The minimum absolute atomic E-state index is 0.175. The van der Waals surface area contributed by atoms with Crippen molar-refractivity contribution >= 4 is 5.97 Å². The van der Waals surface area contributed by atoms with Crippen molar-refractivity contribution in [1.29, 1.82) is 0 Å². The fourth-order valence-electron chi connectivity index (χ4n) is 2.36. The van der Waals surface area contributed by atoms with Crippen molar-refractivity contribution in [2.45, 2.75) is 52.0 Å². The number of carboxylic acids is 1. The molecule has 0 radical (unpaired) electrons. The molecule has 0 unspecified atom stereocenters. The quantitative estimate of drug-likeness (QED) is 0.847. The van der Waals surface area contributed by atoms with E-state index in [9.17, 15) is 4.79 Å². The molecule has 2 rings (SSSR count). The number of hydrogen-bond donors (Lipinski definition) is 1. The minimum Gasteiger partial charge on any atom is -0.481 e. The van der Waals surface area contributed by atoms with Crippen molar-refractivity contribution < 1.29 is 9.90 Å². The average Bonchev–Trinajstić information content (AvgIpc) is 2.74. The van der Waals surface area contributed by atoms with Crippen LogP contribution in [0.1, 0.15) is 49.8 Å². The van der Waals surface area contributed by atoms with Gasteiger partial charge < -0.3 is 9.67 Å². The Morgan fingerprint density at radius 1 is 1.56 bits per heavy atom. The predicted molar refractivity (Wildman–Crippen MR) is 60.6 cm³/mol. The number of carboxylic acid groups (broad SMARTS) is 1. The largest absolute Gasteiger partial charge is 0.481 e. The van der Waals surface area contributed by atoms with Crippen LogP contribution < -0.4 is 0 Å². The van der Waals surface area contributed by atoms with Gasteiger partial charge in [-0.05, 0) is 18.8 Å². The number of hydrogen-bond acceptors (Lipinski definition) is 2. The molecule has 0 aromatic carbocycles. The van der Waals surface area contributed by atoms with Gasteiger partial charge in [0.05, 0.1) is 12.1 Å². The fraction of sp³-hybridized carbons (Fsp3) is 0.667. The number of aromatic nitrogens is 2. The standard InChI is InChI=1S/C12H18N2O2/c1-8(2)12-9-4-3-7-14(9)10(13-12)5-6-11(15)16/h8H,3-7H2,1-2H3,(H,15,16). The third-order valence-electron chi connectivity index (χ3n) is 3.09. The van der Waals surface area contributed by atoms with Gasteiger partial charge in [0.15, 0.2) is 0 Å². The number of imidazole rings is 1. The molecule has 0 bridgehead atoms. The summed E-state index contributed by atoms with van der Waals surface area (Å²) in [6.07, 6.45) is 2.98. The number of fused-ring (bicyclic) bond motifs is 1. The molecule has 88 valence electrons. The molecule has 1 N–H and O–H groups in total. The van der Waals surface area contributed by atoms with Gasteiger partial charge in [-0.15, -0.1) is 0 Å². The second-order valence-corrected chi connectivity index (χ2v) is 4.66. The van der Waals surface area contributed by atoms with Gasteiger partial charge in [0.2, 0.25) is 0 Å². The molecule has 2 heterocycles. The van der Waals surface area contributed by atoms with Crippen LogP contribution in [-0.4, -0.2) is 20.6 Å². The summed E-state index contributed by atoms with van der Waals surface area (Å²) in [4.78, 5) is 15.2. The zero-order valence-electron chi connectivity index (χ0n) is 9.86. The number of aliphatic carboxylic acids is 1. The molecule has 0 amide bonds. The normalized spacial score (nSPS) is 14.4. The molecule has 0 aliphatic carbocycles. The molecule has 1 aliphatic rings. The molecule has 1 aromatic heterocycles. The van der Waals surface area contributed by atoms with Crippen LogP contribution in [0.25, 0.3) is 0 Å². The van der Waals surface area contributed by atoms with Crippen LogP contribution in [0.3, 0.4) is 0 Å². The van der Waals surface area contributed by atoms with Gasteiger partial charge in [0, 0.05) is 18.7 Å². The maximum Gasteiger partial charge on any atom is 0.303 e. The first-order valence-corrected chi connectivity index (χ1v) is 5.89. The van der Waals surface area contributed by atoms with Gasteiger partial charge in [0.25, 0.3) is 0 Å². The molecule has 0 atom stereocenters. The Labute approximate surface area is 95.3 Å². The summed E-state index contributed by atoms with van der Waals surface area (Å²) in [7, 11) is 0. The van der Waals surface area contributed by atoms with E-state index in [4.69, 9.17) is 5.11 Å². The Morgan fingerprint density at radius 2 is 2.31 bits per heavy atom. The van der Waals surface area contributed by atoms with Gasteiger partial charge in [-0.2, -0.15) is 0 Å². The van der Waals surface area contributed by atoms with Crippen LogP contribution in [-0.2, 0) is 24.2 Å². The second kappa shape index (κ2) is 4.28. The van der Waals surface area contributed by atoms with E-state index in [1.54, 1.807) is 0 Å². The lowest BCUT2D eigenvalue weighted by atomic mass is 10.1. The summed E-state index contributed by atoms with van der Waals surface area (Å²) in [5, 5.41) is 8.70. The van der Waals surface area contributed by atoms with Gasteiger partial charge in [0.1, 0.15) is 5.82 Å². The Kier molecular flexibility index (Phi) is 2.99. The van der Waals surface area contributed by atoms with Crippen molar-refractivity contribution in [2.75, 3.05) is 0 Å². The monoisotopic (exact) mass is 222 g/mol. The van der Waals surface area contributed by atoms with E-state index in [-0.39, 0.29) is 6.42 Å². The maximum absolute atomic E-state index is 10.6. The molecule has 16 heavy (non-hydrogen) atoms. The Balaban J connectivity index is 2.25. The lowest BCUT2D eigenvalue weighted by Gasteiger charge is -2.02. The lowest BCUT2D eigenvalue weighted by Crippen LogP contribution is -2.04. The van der Waals surface area contributed by atoms with E-state index in [1.807, 2.05) is 0 Å². The first kappa shape index (κ1) is 11.2. The van der Waals surface area contributed by atoms with E-state index >= 15 is 0 Å². The number of nitrogens with zero attached hydrogens (tertiary/aromatic N) is 2. The van der Waals surface area contributed by atoms with E-state index in [0.29, 0.717) is 12.3 Å². The molecule has 0 fully saturated rings. The molecule has 0 saturated carbocycles. The van der Waals surface area contributed by atoms with Crippen LogP contribution in [0.5, 0.6) is 0 Å². The van der Waals surface area contributed by atoms with E-state index in [0.717, 1.165) is 30.9 Å². The maximum atomic E-state index is 10.6.